The normalized spacial score (nSPS) is 12.9. The van der Waals surface area contributed by atoms with Crippen molar-refractivity contribution in [2.75, 3.05) is 27.4 Å². The second-order valence-corrected chi connectivity index (χ2v) is 4.88. The first-order chi connectivity index (χ1) is 9.15. The van der Waals surface area contributed by atoms with Crippen molar-refractivity contribution in [3.8, 4) is 5.75 Å². The maximum Gasteiger partial charge on any atom is 0.161 e. The number of rotatable bonds is 9. The number of ether oxygens (including phenoxy) is 2. The second kappa shape index (κ2) is 8.17. The van der Waals surface area contributed by atoms with Crippen LogP contribution in [0.4, 0.5) is 0 Å². The van der Waals surface area contributed by atoms with Gasteiger partial charge in [-0.1, -0.05) is 6.92 Å². The number of aromatic nitrogens is 2. The molecule has 0 saturated heterocycles. The summed E-state index contributed by atoms with van der Waals surface area (Å²) in [6.07, 6.45) is 3.83. The summed E-state index contributed by atoms with van der Waals surface area (Å²) in [7, 11) is 3.44. The third-order valence-electron chi connectivity index (χ3n) is 3.13. The summed E-state index contributed by atoms with van der Waals surface area (Å²) >= 11 is 0. The lowest BCUT2D eigenvalue weighted by Gasteiger charge is -2.22. The lowest BCUT2D eigenvalue weighted by molar-refractivity contribution is 0.188. The van der Waals surface area contributed by atoms with Crippen LogP contribution in [0.2, 0.25) is 0 Å². The van der Waals surface area contributed by atoms with Crippen molar-refractivity contribution in [1.82, 2.24) is 15.1 Å². The Morgan fingerprint density at radius 1 is 1.37 bits per heavy atom. The Balaban J connectivity index is 2.94. The topological polar surface area (TPSA) is 48.3 Å². The molecule has 1 rings (SSSR count). The molecule has 0 amide bonds. The molecule has 19 heavy (non-hydrogen) atoms. The Labute approximate surface area is 116 Å². The summed E-state index contributed by atoms with van der Waals surface area (Å²) in [6, 6.07) is 0.572. The first kappa shape index (κ1) is 16.0. The predicted octanol–water partition coefficient (Wildman–Crippen LogP) is 2.55. The van der Waals surface area contributed by atoms with E-state index < -0.39 is 0 Å². The minimum absolute atomic E-state index is 0.250. The average molecular weight is 269 g/mol. The average Bonchev–Trinajstić information content (AvgIpc) is 2.81. The monoisotopic (exact) mass is 269 g/mol. The van der Waals surface area contributed by atoms with E-state index in [-0.39, 0.29) is 6.04 Å². The van der Waals surface area contributed by atoms with Crippen molar-refractivity contribution in [1.29, 1.82) is 0 Å². The van der Waals surface area contributed by atoms with E-state index >= 15 is 0 Å². The maximum atomic E-state index is 5.46. The highest BCUT2D eigenvalue weighted by Crippen LogP contribution is 2.30. The Morgan fingerprint density at radius 2 is 2.11 bits per heavy atom. The molecule has 0 saturated carbocycles. The zero-order valence-corrected chi connectivity index (χ0v) is 12.8. The molecule has 0 bridgehead atoms. The van der Waals surface area contributed by atoms with Gasteiger partial charge in [0.1, 0.15) is 0 Å². The molecule has 0 aliphatic carbocycles. The van der Waals surface area contributed by atoms with Crippen LogP contribution in [-0.4, -0.2) is 37.2 Å². The van der Waals surface area contributed by atoms with E-state index in [4.69, 9.17) is 9.47 Å². The van der Waals surface area contributed by atoms with Gasteiger partial charge in [0.25, 0.3) is 0 Å². The second-order valence-electron chi connectivity index (χ2n) is 4.88. The Morgan fingerprint density at radius 3 is 2.63 bits per heavy atom. The fourth-order valence-electron chi connectivity index (χ4n) is 2.27. The lowest BCUT2D eigenvalue weighted by Crippen LogP contribution is -2.25. The van der Waals surface area contributed by atoms with Gasteiger partial charge in [-0.15, -0.1) is 0 Å². The van der Waals surface area contributed by atoms with Crippen molar-refractivity contribution in [2.45, 2.75) is 45.7 Å². The van der Waals surface area contributed by atoms with Gasteiger partial charge in [-0.25, -0.2) is 0 Å². The minimum atomic E-state index is 0.250. The molecule has 0 fully saturated rings. The van der Waals surface area contributed by atoms with Crippen LogP contribution in [0.1, 0.15) is 51.4 Å². The van der Waals surface area contributed by atoms with E-state index in [1.165, 1.54) is 0 Å². The van der Waals surface area contributed by atoms with E-state index in [9.17, 15) is 0 Å². The molecule has 0 aliphatic rings. The molecule has 1 atom stereocenters. The molecule has 1 heterocycles. The highest BCUT2D eigenvalue weighted by molar-refractivity contribution is 5.28. The molecule has 5 nitrogen and oxygen atoms in total. The highest BCUT2D eigenvalue weighted by atomic mass is 16.5. The summed E-state index contributed by atoms with van der Waals surface area (Å²) < 4.78 is 12.6. The van der Waals surface area contributed by atoms with E-state index in [2.05, 4.69) is 31.2 Å². The number of nitrogens with zero attached hydrogens (tertiary/aromatic N) is 2. The van der Waals surface area contributed by atoms with E-state index in [0.717, 1.165) is 37.4 Å². The molecule has 1 aromatic rings. The van der Waals surface area contributed by atoms with Gasteiger partial charge in [0.2, 0.25) is 0 Å². The summed E-state index contributed by atoms with van der Waals surface area (Å²) in [5.41, 5.74) is 1.13. The first-order valence-electron chi connectivity index (χ1n) is 6.99. The van der Waals surface area contributed by atoms with Crippen LogP contribution < -0.4 is 10.1 Å². The number of hydrogen-bond acceptors (Lipinski definition) is 4. The molecule has 110 valence electrons. The van der Waals surface area contributed by atoms with Gasteiger partial charge >= 0.3 is 0 Å². The molecule has 1 N–H and O–H groups in total. The van der Waals surface area contributed by atoms with Crippen LogP contribution in [0.5, 0.6) is 5.75 Å². The van der Waals surface area contributed by atoms with Gasteiger partial charge in [-0.3, -0.25) is 4.68 Å². The number of methoxy groups -OCH3 is 2. The molecule has 0 spiro atoms. The molecule has 0 aliphatic heterocycles. The van der Waals surface area contributed by atoms with Gasteiger partial charge in [0, 0.05) is 19.8 Å². The summed E-state index contributed by atoms with van der Waals surface area (Å²) in [6.45, 7) is 8.08. The molecular weight excluding hydrogens is 242 g/mol. The SMILES string of the molecule is CCNC(CCCOC)c1c(OC)cnn1C(C)C. The van der Waals surface area contributed by atoms with Crippen molar-refractivity contribution in [3.05, 3.63) is 11.9 Å². The fourth-order valence-corrected chi connectivity index (χ4v) is 2.27. The zero-order chi connectivity index (χ0) is 14.3. The first-order valence-corrected chi connectivity index (χ1v) is 6.99. The van der Waals surface area contributed by atoms with Crippen molar-refractivity contribution >= 4 is 0 Å². The van der Waals surface area contributed by atoms with Crippen LogP contribution >= 0.6 is 0 Å². The summed E-state index contributed by atoms with van der Waals surface area (Å²) in [5.74, 6) is 0.858. The van der Waals surface area contributed by atoms with Gasteiger partial charge in [0.15, 0.2) is 5.75 Å². The van der Waals surface area contributed by atoms with Crippen LogP contribution in [0.25, 0.3) is 0 Å². The third-order valence-corrected chi connectivity index (χ3v) is 3.13. The molecular formula is C14H27N3O2. The van der Waals surface area contributed by atoms with Crippen molar-refractivity contribution in [2.24, 2.45) is 0 Å². The van der Waals surface area contributed by atoms with Crippen LogP contribution in [0, 0.1) is 0 Å². The molecule has 1 unspecified atom stereocenters. The van der Waals surface area contributed by atoms with E-state index in [1.54, 1.807) is 20.4 Å². The highest BCUT2D eigenvalue weighted by Gasteiger charge is 2.22. The largest absolute Gasteiger partial charge is 0.493 e. The summed E-state index contributed by atoms with van der Waals surface area (Å²) in [5, 5.41) is 7.96. The smallest absolute Gasteiger partial charge is 0.161 e. The predicted molar refractivity (Wildman–Crippen MR) is 76.7 cm³/mol. The van der Waals surface area contributed by atoms with Gasteiger partial charge in [0.05, 0.1) is 25.0 Å². The van der Waals surface area contributed by atoms with E-state index in [1.807, 2.05) is 4.68 Å². The fraction of sp³-hybridized carbons (Fsp3) is 0.786. The quantitative estimate of drug-likeness (QED) is 0.700. The molecule has 5 heteroatoms. The lowest BCUT2D eigenvalue weighted by atomic mass is 10.1. The zero-order valence-electron chi connectivity index (χ0n) is 12.8. The molecule has 0 radical (unpaired) electrons. The molecule has 0 aromatic carbocycles. The van der Waals surface area contributed by atoms with E-state index in [0.29, 0.717) is 6.04 Å². The summed E-state index contributed by atoms with van der Waals surface area (Å²) in [4.78, 5) is 0. The van der Waals surface area contributed by atoms with Gasteiger partial charge in [-0.2, -0.15) is 5.10 Å². The van der Waals surface area contributed by atoms with Crippen molar-refractivity contribution < 1.29 is 9.47 Å². The third kappa shape index (κ3) is 4.21. The van der Waals surface area contributed by atoms with Crippen LogP contribution in [-0.2, 0) is 4.74 Å². The molecule has 1 aromatic heterocycles. The Kier molecular flexibility index (Phi) is 6.87. The Hall–Kier alpha value is -1.07. The van der Waals surface area contributed by atoms with Gasteiger partial charge in [-0.05, 0) is 33.2 Å². The maximum absolute atomic E-state index is 5.46. The number of nitrogens with one attached hydrogen (secondary N) is 1. The van der Waals surface area contributed by atoms with Gasteiger partial charge < -0.3 is 14.8 Å². The Bertz CT molecular complexity index is 364. The standard InChI is InChI=1S/C14H27N3O2/c1-6-15-12(8-7-9-18-4)14-13(19-5)10-16-17(14)11(2)3/h10-12,15H,6-9H2,1-5H3. The number of hydrogen-bond donors (Lipinski definition) is 1. The minimum Gasteiger partial charge on any atom is -0.493 e. The van der Waals surface area contributed by atoms with Crippen molar-refractivity contribution in [3.63, 3.8) is 0 Å². The van der Waals surface area contributed by atoms with Crippen LogP contribution in [0.15, 0.2) is 6.20 Å². The van der Waals surface area contributed by atoms with Crippen LogP contribution in [0.3, 0.4) is 0 Å².